The molecule has 0 aliphatic rings. The van der Waals surface area contributed by atoms with Gasteiger partial charge in [-0.1, -0.05) is 22.9 Å². The first-order valence-corrected chi connectivity index (χ1v) is 5.56. The number of alkyl carbamates (subject to hydrolysis) is 1. The summed E-state index contributed by atoms with van der Waals surface area (Å²) in [4.78, 5) is 11.2. The van der Waals surface area contributed by atoms with E-state index in [1.54, 1.807) is 0 Å². The number of hydrogen-bond acceptors (Lipinski definition) is 2. The molecular weight excluding hydrogens is 234 g/mol. The van der Waals surface area contributed by atoms with E-state index < -0.39 is 5.60 Å². The number of rotatable bonds is 3. The summed E-state index contributed by atoms with van der Waals surface area (Å²) in [5.41, 5.74) is -0.422. The van der Waals surface area contributed by atoms with Crippen molar-refractivity contribution in [2.24, 2.45) is 0 Å². The fourth-order valence-corrected chi connectivity index (χ4v) is 1.34. The van der Waals surface area contributed by atoms with Crippen LogP contribution in [0.5, 0.6) is 0 Å². The number of halogens is 1. The minimum Gasteiger partial charge on any atom is -0.444 e. The van der Waals surface area contributed by atoms with Gasteiger partial charge in [-0.25, -0.2) is 4.79 Å². The SMILES string of the molecule is CCC(CBr)NC(=O)OC(C)(C)C. The summed E-state index contributed by atoms with van der Waals surface area (Å²) in [7, 11) is 0. The van der Waals surface area contributed by atoms with Gasteiger partial charge in [-0.3, -0.25) is 0 Å². The summed E-state index contributed by atoms with van der Waals surface area (Å²) in [6.45, 7) is 7.56. The van der Waals surface area contributed by atoms with E-state index >= 15 is 0 Å². The molecule has 0 heterocycles. The van der Waals surface area contributed by atoms with Gasteiger partial charge < -0.3 is 10.1 Å². The van der Waals surface area contributed by atoms with E-state index in [2.05, 4.69) is 21.2 Å². The molecule has 0 aliphatic carbocycles. The number of alkyl halides is 1. The molecule has 0 aromatic heterocycles. The Kier molecular flexibility index (Phi) is 5.37. The predicted octanol–water partition coefficient (Wildman–Crippen LogP) is 2.68. The van der Waals surface area contributed by atoms with Gasteiger partial charge in [0.05, 0.1) is 0 Å². The molecule has 0 aromatic carbocycles. The van der Waals surface area contributed by atoms with E-state index in [0.717, 1.165) is 11.8 Å². The lowest BCUT2D eigenvalue weighted by atomic mass is 10.2. The van der Waals surface area contributed by atoms with Crippen LogP contribution in [-0.2, 0) is 4.74 Å². The van der Waals surface area contributed by atoms with Crippen molar-refractivity contribution in [2.75, 3.05) is 5.33 Å². The molecule has 0 spiro atoms. The fourth-order valence-electron chi connectivity index (χ4n) is 0.724. The summed E-state index contributed by atoms with van der Waals surface area (Å²) in [6.07, 6.45) is 0.545. The highest BCUT2D eigenvalue weighted by Gasteiger charge is 2.17. The van der Waals surface area contributed by atoms with Crippen molar-refractivity contribution in [3.63, 3.8) is 0 Å². The maximum Gasteiger partial charge on any atom is 0.407 e. The second kappa shape index (κ2) is 5.47. The van der Waals surface area contributed by atoms with Crippen molar-refractivity contribution in [3.05, 3.63) is 0 Å². The minimum absolute atomic E-state index is 0.148. The zero-order valence-electron chi connectivity index (χ0n) is 8.69. The average Bonchev–Trinajstić information content (AvgIpc) is 1.96. The number of nitrogens with one attached hydrogen (secondary N) is 1. The Hall–Kier alpha value is -0.250. The van der Waals surface area contributed by atoms with Crippen molar-refractivity contribution in [1.29, 1.82) is 0 Å². The number of amides is 1. The second-order valence-electron chi connectivity index (χ2n) is 3.91. The van der Waals surface area contributed by atoms with Gasteiger partial charge in [0.1, 0.15) is 5.60 Å². The third-order valence-corrected chi connectivity index (χ3v) is 2.18. The standard InChI is InChI=1S/C9H18BrNO2/c1-5-7(6-10)11-8(12)13-9(2,3)4/h7H,5-6H2,1-4H3,(H,11,12). The smallest absolute Gasteiger partial charge is 0.407 e. The zero-order valence-corrected chi connectivity index (χ0v) is 10.3. The summed E-state index contributed by atoms with van der Waals surface area (Å²) in [6, 6.07) is 0.148. The topological polar surface area (TPSA) is 38.3 Å². The molecule has 3 nitrogen and oxygen atoms in total. The Morgan fingerprint density at radius 1 is 1.54 bits per heavy atom. The Balaban J connectivity index is 3.86. The lowest BCUT2D eigenvalue weighted by Gasteiger charge is -2.22. The van der Waals surface area contributed by atoms with Crippen LogP contribution in [0.3, 0.4) is 0 Å². The van der Waals surface area contributed by atoms with E-state index in [1.807, 2.05) is 27.7 Å². The summed E-state index contributed by atoms with van der Waals surface area (Å²) in [5.74, 6) is 0. The maximum absolute atomic E-state index is 11.2. The highest BCUT2D eigenvalue weighted by Crippen LogP contribution is 2.07. The number of ether oxygens (including phenoxy) is 1. The first-order chi connectivity index (χ1) is 5.89. The Labute approximate surface area is 88.4 Å². The molecule has 0 rings (SSSR count). The highest BCUT2D eigenvalue weighted by atomic mass is 79.9. The number of hydrogen-bond donors (Lipinski definition) is 1. The summed E-state index contributed by atoms with van der Waals surface area (Å²) < 4.78 is 5.10. The summed E-state index contributed by atoms with van der Waals surface area (Å²) >= 11 is 3.31. The average molecular weight is 252 g/mol. The molecule has 1 N–H and O–H groups in total. The first-order valence-electron chi connectivity index (χ1n) is 4.44. The Morgan fingerprint density at radius 2 is 2.08 bits per heavy atom. The van der Waals surface area contributed by atoms with Gasteiger partial charge in [-0.15, -0.1) is 0 Å². The Bertz CT molecular complexity index is 161. The van der Waals surface area contributed by atoms with E-state index in [1.165, 1.54) is 0 Å². The van der Waals surface area contributed by atoms with Gasteiger partial charge in [0.2, 0.25) is 0 Å². The molecule has 1 unspecified atom stereocenters. The molecule has 4 heteroatoms. The minimum atomic E-state index is -0.422. The Morgan fingerprint density at radius 3 is 2.38 bits per heavy atom. The van der Waals surface area contributed by atoms with E-state index in [0.29, 0.717) is 0 Å². The molecule has 0 saturated carbocycles. The van der Waals surface area contributed by atoms with Crippen LogP contribution < -0.4 is 5.32 Å². The van der Waals surface area contributed by atoms with Crippen molar-refractivity contribution < 1.29 is 9.53 Å². The van der Waals surface area contributed by atoms with E-state index in [-0.39, 0.29) is 12.1 Å². The quantitative estimate of drug-likeness (QED) is 0.784. The normalized spacial score (nSPS) is 13.6. The van der Waals surface area contributed by atoms with Gasteiger partial charge in [0.25, 0.3) is 0 Å². The molecule has 1 atom stereocenters. The highest BCUT2D eigenvalue weighted by molar-refractivity contribution is 9.09. The monoisotopic (exact) mass is 251 g/mol. The van der Waals surface area contributed by atoms with Gasteiger partial charge in [-0.2, -0.15) is 0 Å². The third-order valence-electron chi connectivity index (χ3n) is 1.40. The molecule has 0 aromatic rings. The summed E-state index contributed by atoms with van der Waals surface area (Å²) in [5, 5.41) is 3.52. The predicted molar refractivity (Wildman–Crippen MR) is 57.2 cm³/mol. The molecule has 0 bridgehead atoms. The second-order valence-corrected chi connectivity index (χ2v) is 4.55. The molecular formula is C9H18BrNO2. The lowest BCUT2D eigenvalue weighted by molar-refractivity contribution is 0.0509. The van der Waals surface area contributed by atoms with Crippen LogP contribution in [0.25, 0.3) is 0 Å². The fraction of sp³-hybridized carbons (Fsp3) is 0.889. The van der Waals surface area contributed by atoms with Crippen molar-refractivity contribution in [1.82, 2.24) is 5.32 Å². The first kappa shape index (κ1) is 12.8. The van der Waals surface area contributed by atoms with E-state index in [4.69, 9.17) is 4.74 Å². The van der Waals surface area contributed by atoms with Gasteiger partial charge in [-0.05, 0) is 27.2 Å². The largest absolute Gasteiger partial charge is 0.444 e. The van der Waals surface area contributed by atoms with Crippen LogP contribution in [0, 0.1) is 0 Å². The van der Waals surface area contributed by atoms with Crippen molar-refractivity contribution in [3.8, 4) is 0 Å². The molecule has 1 amide bonds. The molecule has 0 saturated heterocycles. The maximum atomic E-state index is 11.2. The van der Waals surface area contributed by atoms with Crippen molar-refractivity contribution >= 4 is 22.0 Å². The number of carbonyl (C=O) groups is 1. The molecule has 0 aliphatic heterocycles. The van der Waals surface area contributed by atoms with E-state index in [9.17, 15) is 4.79 Å². The third kappa shape index (κ3) is 6.87. The van der Waals surface area contributed by atoms with Crippen LogP contribution >= 0.6 is 15.9 Å². The van der Waals surface area contributed by atoms with Gasteiger partial charge in [0.15, 0.2) is 0 Å². The molecule has 78 valence electrons. The van der Waals surface area contributed by atoms with Gasteiger partial charge >= 0.3 is 6.09 Å². The van der Waals surface area contributed by atoms with Crippen LogP contribution in [0.1, 0.15) is 34.1 Å². The van der Waals surface area contributed by atoms with Crippen LogP contribution in [0.2, 0.25) is 0 Å². The van der Waals surface area contributed by atoms with Crippen molar-refractivity contribution in [2.45, 2.75) is 45.8 Å². The number of carbonyl (C=O) groups excluding carboxylic acids is 1. The zero-order chi connectivity index (χ0) is 10.5. The lowest BCUT2D eigenvalue weighted by Crippen LogP contribution is -2.39. The molecule has 0 radical (unpaired) electrons. The molecule has 0 fully saturated rings. The van der Waals surface area contributed by atoms with Crippen LogP contribution in [0.4, 0.5) is 4.79 Å². The van der Waals surface area contributed by atoms with Crippen LogP contribution in [0.15, 0.2) is 0 Å². The van der Waals surface area contributed by atoms with Crippen LogP contribution in [-0.4, -0.2) is 23.1 Å². The van der Waals surface area contributed by atoms with Gasteiger partial charge in [0, 0.05) is 11.4 Å². The molecule has 13 heavy (non-hydrogen) atoms.